The number of amides is 2. The molecule has 7 heteroatoms. The molecule has 1 aliphatic heterocycles. The third kappa shape index (κ3) is 2.81. The van der Waals surface area contributed by atoms with E-state index in [1.807, 2.05) is 32.2 Å². The predicted octanol–water partition coefficient (Wildman–Crippen LogP) is 1.35. The largest absolute Gasteiger partial charge is 0.490 e. The first kappa shape index (κ1) is 16.3. The molecule has 7 nitrogen and oxygen atoms in total. The number of imidazole rings is 1. The standard InChI is InChI=1S/C17H22N4O3/c1-4-24-14-6-5-7-21-15(12(2)18-16(14)21)17(23)20-10-8-19(9-11-20)13(3)22/h5-7H,4,8-11H2,1-3H3. The van der Waals surface area contributed by atoms with Gasteiger partial charge in [0.1, 0.15) is 5.69 Å². The van der Waals surface area contributed by atoms with E-state index in [4.69, 9.17) is 4.74 Å². The molecule has 0 radical (unpaired) electrons. The maximum atomic E-state index is 13.0. The van der Waals surface area contributed by atoms with Gasteiger partial charge in [0.25, 0.3) is 5.91 Å². The highest BCUT2D eigenvalue weighted by Gasteiger charge is 2.27. The summed E-state index contributed by atoms with van der Waals surface area (Å²) < 4.78 is 7.39. The van der Waals surface area contributed by atoms with Crippen molar-refractivity contribution < 1.29 is 14.3 Å². The van der Waals surface area contributed by atoms with Gasteiger partial charge in [0.15, 0.2) is 11.4 Å². The number of rotatable bonds is 3. The van der Waals surface area contributed by atoms with Crippen molar-refractivity contribution in [1.82, 2.24) is 19.2 Å². The van der Waals surface area contributed by atoms with Crippen LogP contribution < -0.4 is 4.74 Å². The molecule has 0 atom stereocenters. The summed E-state index contributed by atoms with van der Waals surface area (Å²) in [6.45, 7) is 8.07. The lowest BCUT2D eigenvalue weighted by Gasteiger charge is -2.34. The number of hydrogen-bond acceptors (Lipinski definition) is 4. The summed E-state index contributed by atoms with van der Waals surface area (Å²) in [6, 6.07) is 3.70. The highest BCUT2D eigenvalue weighted by molar-refractivity contribution is 5.95. The van der Waals surface area contributed by atoms with Crippen LogP contribution >= 0.6 is 0 Å². The predicted molar refractivity (Wildman–Crippen MR) is 89.3 cm³/mol. The fraction of sp³-hybridized carbons (Fsp3) is 0.471. The van der Waals surface area contributed by atoms with Crippen LogP contribution in [0, 0.1) is 6.92 Å². The molecule has 0 N–H and O–H groups in total. The van der Waals surface area contributed by atoms with Gasteiger partial charge < -0.3 is 14.5 Å². The van der Waals surface area contributed by atoms with Gasteiger partial charge in [0.2, 0.25) is 5.91 Å². The van der Waals surface area contributed by atoms with E-state index < -0.39 is 0 Å². The van der Waals surface area contributed by atoms with Crippen molar-refractivity contribution in [1.29, 1.82) is 0 Å². The van der Waals surface area contributed by atoms with Gasteiger partial charge in [-0.2, -0.15) is 0 Å². The minimum Gasteiger partial charge on any atom is -0.490 e. The minimum atomic E-state index is -0.0585. The first-order valence-electron chi connectivity index (χ1n) is 8.18. The lowest BCUT2D eigenvalue weighted by Crippen LogP contribution is -2.50. The summed E-state index contributed by atoms with van der Waals surface area (Å²) in [6.07, 6.45) is 1.83. The molecule has 2 aromatic rings. The second-order valence-corrected chi connectivity index (χ2v) is 5.84. The lowest BCUT2D eigenvalue weighted by atomic mass is 10.2. The minimum absolute atomic E-state index is 0.0504. The summed E-state index contributed by atoms with van der Waals surface area (Å²) in [5.74, 6) is 0.662. The summed E-state index contributed by atoms with van der Waals surface area (Å²) >= 11 is 0. The highest BCUT2D eigenvalue weighted by atomic mass is 16.5. The summed E-state index contributed by atoms with van der Waals surface area (Å²) in [5.41, 5.74) is 1.89. The second kappa shape index (κ2) is 6.51. The molecule has 0 aliphatic carbocycles. The molecule has 0 unspecified atom stereocenters. The van der Waals surface area contributed by atoms with E-state index in [-0.39, 0.29) is 11.8 Å². The van der Waals surface area contributed by atoms with E-state index in [0.717, 1.165) is 0 Å². The number of pyridine rings is 1. The molecular formula is C17H22N4O3. The molecule has 1 saturated heterocycles. The number of hydrogen-bond donors (Lipinski definition) is 0. The zero-order chi connectivity index (χ0) is 17.3. The topological polar surface area (TPSA) is 67.2 Å². The number of nitrogens with zero attached hydrogens (tertiary/aromatic N) is 4. The molecule has 3 heterocycles. The van der Waals surface area contributed by atoms with Crippen LogP contribution in [0.15, 0.2) is 18.3 Å². The Hall–Kier alpha value is -2.57. The lowest BCUT2D eigenvalue weighted by molar-refractivity contribution is -0.130. The zero-order valence-electron chi connectivity index (χ0n) is 14.3. The van der Waals surface area contributed by atoms with Crippen LogP contribution in [-0.4, -0.2) is 63.8 Å². The van der Waals surface area contributed by atoms with Crippen LogP contribution in [0.2, 0.25) is 0 Å². The van der Waals surface area contributed by atoms with Crippen molar-refractivity contribution in [2.24, 2.45) is 0 Å². The van der Waals surface area contributed by atoms with E-state index in [1.54, 1.807) is 21.1 Å². The fourth-order valence-electron chi connectivity index (χ4n) is 3.06. The number of fused-ring (bicyclic) bond motifs is 1. The Bertz CT molecular complexity index is 775. The Labute approximate surface area is 140 Å². The van der Waals surface area contributed by atoms with Gasteiger partial charge in [-0.15, -0.1) is 0 Å². The fourth-order valence-corrected chi connectivity index (χ4v) is 3.06. The smallest absolute Gasteiger partial charge is 0.272 e. The molecule has 0 aromatic carbocycles. The Balaban J connectivity index is 1.89. The molecule has 3 rings (SSSR count). The van der Waals surface area contributed by atoms with Crippen molar-refractivity contribution in [3.05, 3.63) is 29.7 Å². The molecule has 1 fully saturated rings. The van der Waals surface area contributed by atoms with Gasteiger partial charge in [0, 0.05) is 39.3 Å². The number of carbonyl (C=O) groups excluding carboxylic acids is 2. The molecule has 0 spiro atoms. The Morgan fingerprint density at radius 3 is 2.50 bits per heavy atom. The number of carbonyl (C=O) groups is 2. The van der Waals surface area contributed by atoms with Gasteiger partial charge in [0.05, 0.1) is 12.3 Å². The summed E-state index contributed by atoms with van der Waals surface area (Å²) in [7, 11) is 0. The Morgan fingerprint density at radius 1 is 1.21 bits per heavy atom. The van der Waals surface area contributed by atoms with Crippen LogP contribution in [0.5, 0.6) is 5.75 Å². The van der Waals surface area contributed by atoms with Crippen LogP contribution in [0.25, 0.3) is 5.65 Å². The normalized spacial score (nSPS) is 15.0. The molecule has 0 bridgehead atoms. The summed E-state index contributed by atoms with van der Waals surface area (Å²) in [4.78, 5) is 32.4. The van der Waals surface area contributed by atoms with E-state index in [0.29, 0.717) is 55.6 Å². The maximum absolute atomic E-state index is 13.0. The Morgan fingerprint density at radius 2 is 1.88 bits per heavy atom. The van der Waals surface area contributed by atoms with Crippen LogP contribution in [0.3, 0.4) is 0 Å². The van der Waals surface area contributed by atoms with Gasteiger partial charge in [-0.3, -0.25) is 14.0 Å². The van der Waals surface area contributed by atoms with Crippen molar-refractivity contribution in [2.45, 2.75) is 20.8 Å². The number of aryl methyl sites for hydroxylation is 1. The third-order valence-corrected chi connectivity index (χ3v) is 4.30. The van der Waals surface area contributed by atoms with Gasteiger partial charge in [-0.1, -0.05) is 0 Å². The average molecular weight is 330 g/mol. The molecule has 2 amide bonds. The molecule has 24 heavy (non-hydrogen) atoms. The number of piperazine rings is 1. The monoisotopic (exact) mass is 330 g/mol. The Kier molecular flexibility index (Phi) is 4.42. The van der Waals surface area contributed by atoms with Crippen molar-refractivity contribution in [2.75, 3.05) is 32.8 Å². The van der Waals surface area contributed by atoms with Gasteiger partial charge in [-0.25, -0.2) is 4.98 Å². The van der Waals surface area contributed by atoms with E-state index in [1.165, 1.54) is 0 Å². The van der Waals surface area contributed by atoms with Crippen molar-refractivity contribution in [3.8, 4) is 5.75 Å². The number of ether oxygens (including phenoxy) is 1. The molecule has 128 valence electrons. The maximum Gasteiger partial charge on any atom is 0.272 e. The first-order chi connectivity index (χ1) is 11.5. The van der Waals surface area contributed by atoms with Crippen LogP contribution in [0.4, 0.5) is 0 Å². The molecule has 1 aliphatic rings. The summed E-state index contributed by atoms with van der Waals surface area (Å²) in [5, 5.41) is 0. The van der Waals surface area contributed by atoms with Gasteiger partial charge >= 0.3 is 0 Å². The number of aromatic nitrogens is 2. The van der Waals surface area contributed by atoms with Crippen LogP contribution in [-0.2, 0) is 4.79 Å². The van der Waals surface area contributed by atoms with E-state index in [2.05, 4.69) is 4.98 Å². The average Bonchev–Trinajstić information content (AvgIpc) is 2.91. The molecule has 0 saturated carbocycles. The van der Waals surface area contributed by atoms with Gasteiger partial charge in [-0.05, 0) is 26.0 Å². The zero-order valence-corrected chi connectivity index (χ0v) is 14.3. The van der Waals surface area contributed by atoms with Crippen LogP contribution in [0.1, 0.15) is 30.0 Å². The quantitative estimate of drug-likeness (QED) is 0.852. The second-order valence-electron chi connectivity index (χ2n) is 5.84. The SMILES string of the molecule is CCOc1cccn2c(C(=O)N3CCN(C(C)=O)CC3)c(C)nc12. The molecule has 2 aromatic heterocycles. The van der Waals surface area contributed by atoms with E-state index in [9.17, 15) is 9.59 Å². The first-order valence-corrected chi connectivity index (χ1v) is 8.18. The third-order valence-electron chi connectivity index (χ3n) is 4.30. The molecular weight excluding hydrogens is 308 g/mol. The van der Waals surface area contributed by atoms with E-state index >= 15 is 0 Å². The van der Waals surface area contributed by atoms with Crippen molar-refractivity contribution in [3.63, 3.8) is 0 Å². The van der Waals surface area contributed by atoms with Crippen molar-refractivity contribution >= 4 is 17.5 Å². The highest BCUT2D eigenvalue weighted by Crippen LogP contribution is 2.23.